The number of carbonyl (C=O) groups is 1. The van der Waals surface area contributed by atoms with Crippen molar-refractivity contribution >= 4 is 5.91 Å². The third-order valence-corrected chi connectivity index (χ3v) is 5.68. The topological polar surface area (TPSA) is 57.3 Å². The Balaban J connectivity index is 1.94. The Kier molecular flexibility index (Phi) is 5.27. The van der Waals surface area contributed by atoms with Crippen LogP contribution in [0.5, 0.6) is 0 Å². The molecule has 4 heteroatoms. The summed E-state index contributed by atoms with van der Waals surface area (Å²) in [6.45, 7) is 7.43. The van der Waals surface area contributed by atoms with Crippen molar-refractivity contribution < 1.29 is 9.69 Å². The molecule has 4 nitrogen and oxygen atoms in total. The Hall–Kier alpha value is -1.08. The zero-order chi connectivity index (χ0) is 15.5. The summed E-state index contributed by atoms with van der Waals surface area (Å²) < 4.78 is 0. The SMILES string of the molecule is CC(C)[C@@](C)(C#N)NC(=O)C[NH+]1CCC[C@H]2CCCC[C@@H]21. The number of quaternary nitrogens is 1. The van der Waals surface area contributed by atoms with Crippen LogP contribution in [-0.2, 0) is 4.79 Å². The van der Waals surface area contributed by atoms with Crippen LogP contribution in [0.2, 0.25) is 0 Å². The lowest BCUT2D eigenvalue weighted by Crippen LogP contribution is -3.18. The van der Waals surface area contributed by atoms with Crippen LogP contribution >= 0.6 is 0 Å². The van der Waals surface area contributed by atoms with Crippen molar-refractivity contribution in [1.82, 2.24) is 5.32 Å². The van der Waals surface area contributed by atoms with Gasteiger partial charge >= 0.3 is 0 Å². The lowest BCUT2D eigenvalue weighted by molar-refractivity contribution is -0.928. The quantitative estimate of drug-likeness (QED) is 0.820. The van der Waals surface area contributed by atoms with Gasteiger partial charge in [-0.15, -0.1) is 0 Å². The van der Waals surface area contributed by atoms with Gasteiger partial charge in [0.1, 0.15) is 5.54 Å². The van der Waals surface area contributed by atoms with Gasteiger partial charge in [0.2, 0.25) is 0 Å². The van der Waals surface area contributed by atoms with E-state index in [1.165, 1.54) is 43.4 Å². The molecule has 0 radical (unpaired) electrons. The van der Waals surface area contributed by atoms with E-state index < -0.39 is 5.54 Å². The normalized spacial score (nSPS) is 31.9. The summed E-state index contributed by atoms with van der Waals surface area (Å²) >= 11 is 0. The van der Waals surface area contributed by atoms with E-state index in [0.717, 1.165) is 12.5 Å². The molecule has 1 unspecified atom stereocenters. The van der Waals surface area contributed by atoms with Crippen LogP contribution in [0.3, 0.4) is 0 Å². The fourth-order valence-corrected chi connectivity index (χ4v) is 3.93. The Morgan fingerprint density at radius 2 is 2.00 bits per heavy atom. The summed E-state index contributed by atoms with van der Waals surface area (Å²) in [6.07, 6.45) is 7.88. The highest BCUT2D eigenvalue weighted by Crippen LogP contribution is 2.28. The van der Waals surface area contributed by atoms with Gasteiger partial charge in [-0.2, -0.15) is 5.26 Å². The van der Waals surface area contributed by atoms with E-state index in [2.05, 4.69) is 11.4 Å². The van der Waals surface area contributed by atoms with Gasteiger partial charge in [-0.05, 0) is 44.9 Å². The predicted octanol–water partition coefficient (Wildman–Crippen LogP) is 1.28. The predicted molar refractivity (Wildman–Crippen MR) is 82.7 cm³/mol. The zero-order valence-electron chi connectivity index (χ0n) is 13.7. The first-order valence-electron chi connectivity index (χ1n) is 8.53. The molecule has 2 N–H and O–H groups in total. The second-order valence-electron chi connectivity index (χ2n) is 7.40. The van der Waals surface area contributed by atoms with Gasteiger partial charge in [0, 0.05) is 5.92 Å². The molecule has 21 heavy (non-hydrogen) atoms. The van der Waals surface area contributed by atoms with Crippen molar-refractivity contribution in [3.8, 4) is 6.07 Å². The summed E-state index contributed by atoms with van der Waals surface area (Å²) in [5, 5.41) is 12.3. The summed E-state index contributed by atoms with van der Waals surface area (Å²) in [5.41, 5.74) is -0.752. The van der Waals surface area contributed by atoms with Gasteiger partial charge < -0.3 is 10.2 Å². The fourth-order valence-electron chi connectivity index (χ4n) is 3.93. The Morgan fingerprint density at radius 1 is 1.33 bits per heavy atom. The molecular formula is C17H30N3O+. The number of nitriles is 1. The molecule has 2 rings (SSSR count). The van der Waals surface area contributed by atoms with Crippen LogP contribution in [0.1, 0.15) is 59.3 Å². The van der Waals surface area contributed by atoms with Crippen LogP contribution in [-0.4, -0.2) is 30.6 Å². The molecule has 118 valence electrons. The fraction of sp³-hybridized carbons (Fsp3) is 0.882. The van der Waals surface area contributed by atoms with Crippen molar-refractivity contribution in [3.05, 3.63) is 0 Å². The number of nitrogens with one attached hydrogen (secondary N) is 2. The number of fused-ring (bicyclic) bond motifs is 1. The van der Waals surface area contributed by atoms with E-state index in [-0.39, 0.29) is 11.8 Å². The van der Waals surface area contributed by atoms with Crippen LogP contribution in [0.15, 0.2) is 0 Å². The van der Waals surface area contributed by atoms with Crippen LogP contribution in [0.25, 0.3) is 0 Å². The number of carbonyl (C=O) groups excluding carboxylic acids is 1. The molecule has 2 fully saturated rings. The minimum Gasteiger partial charge on any atom is -0.333 e. The molecule has 0 aromatic heterocycles. The first kappa shape index (κ1) is 16.3. The van der Waals surface area contributed by atoms with Crippen molar-refractivity contribution in [2.45, 2.75) is 70.9 Å². The molecule has 0 bridgehead atoms. The molecule has 2 aliphatic rings. The molecule has 1 saturated carbocycles. The summed E-state index contributed by atoms with van der Waals surface area (Å²) in [5.74, 6) is 0.974. The highest BCUT2D eigenvalue weighted by atomic mass is 16.2. The van der Waals surface area contributed by atoms with Crippen LogP contribution in [0.4, 0.5) is 0 Å². The number of piperidine rings is 1. The lowest BCUT2D eigenvalue weighted by Gasteiger charge is -2.41. The molecule has 4 atom stereocenters. The number of rotatable bonds is 4. The van der Waals surface area contributed by atoms with Gasteiger partial charge in [-0.3, -0.25) is 4.79 Å². The van der Waals surface area contributed by atoms with Gasteiger partial charge in [0.25, 0.3) is 5.91 Å². The average molecular weight is 292 g/mol. The summed E-state index contributed by atoms with van der Waals surface area (Å²) in [7, 11) is 0. The third kappa shape index (κ3) is 3.77. The van der Waals surface area contributed by atoms with Gasteiger partial charge in [-0.25, -0.2) is 0 Å². The molecular weight excluding hydrogens is 262 g/mol. The maximum absolute atomic E-state index is 12.4. The number of hydrogen-bond acceptors (Lipinski definition) is 2. The maximum atomic E-state index is 12.4. The van der Waals surface area contributed by atoms with E-state index in [1.807, 2.05) is 20.8 Å². The molecule has 1 aliphatic carbocycles. The van der Waals surface area contributed by atoms with E-state index in [0.29, 0.717) is 12.6 Å². The van der Waals surface area contributed by atoms with E-state index in [9.17, 15) is 10.1 Å². The van der Waals surface area contributed by atoms with E-state index >= 15 is 0 Å². The van der Waals surface area contributed by atoms with Crippen LogP contribution in [0, 0.1) is 23.2 Å². The first-order chi connectivity index (χ1) is 9.96. The minimum absolute atomic E-state index is 0.0361. The number of likely N-dealkylation sites (tertiary alicyclic amines) is 1. The second kappa shape index (κ2) is 6.79. The Labute approximate surface area is 128 Å². The lowest BCUT2D eigenvalue weighted by atomic mass is 9.78. The molecule has 1 saturated heterocycles. The number of hydrogen-bond donors (Lipinski definition) is 2. The summed E-state index contributed by atoms with van der Waals surface area (Å²) in [6, 6.07) is 2.93. The van der Waals surface area contributed by atoms with Gasteiger partial charge in [0.05, 0.1) is 18.7 Å². The standard InChI is InChI=1S/C17H29N3O/c1-13(2)17(3,12-18)19-16(21)11-20-10-6-8-14-7-4-5-9-15(14)20/h13-15H,4-11H2,1-3H3,(H,19,21)/p+1/t14-,15+,17-/m1/s1. The monoisotopic (exact) mass is 292 g/mol. The number of nitrogens with zero attached hydrogens (tertiary/aromatic N) is 1. The second-order valence-corrected chi connectivity index (χ2v) is 7.40. The maximum Gasteiger partial charge on any atom is 0.276 e. The first-order valence-corrected chi connectivity index (χ1v) is 8.53. The molecule has 0 spiro atoms. The zero-order valence-corrected chi connectivity index (χ0v) is 13.7. The van der Waals surface area contributed by atoms with Crippen molar-refractivity contribution in [3.63, 3.8) is 0 Å². The highest BCUT2D eigenvalue weighted by molar-refractivity contribution is 5.78. The van der Waals surface area contributed by atoms with Gasteiger partial charge in [-0.1, -0.05) is 20.3 Å². The minimum atomic E-state index is -0.752. The smallest absolute Gasteiger partial charge is 0.276 e. The molecule has 0 aromatic rings. The van der Waals surface area contributed by atoms with Crippen molar-refractivity contribution in [2.24, 2.45) is 11.8 Å². The number of amides is 1. The molecule has 1 aliphatic heterocycles. The van der Waals surface area contributed by atoms with Crippen molar-refractivity contribution in [2.75, 3.05) is 13.1 Å². The third-order valence-electron chi connectivity index (χ3n) is 5.68. The van der Waals surface area contributed by atoms with Gasteiger partial charge in [0.15, 0.2) is 6.54 Å². The Bertz CT molecular complexity index is 413. The molecule has 1 heterocycles. The van der Waals surface area contributed by atoms with Crippen LogP contribution < -0.4 is 10.2 Å². The average Bonchev–Trinajstić information content (AvgIpc) is 2.47. The summed E-state index contributed by atoms with van der Waals surface area (Å²) in [4.78, 5) is 13.8. The molecule has 1 amide bonds. The van der Waals surface area contributed by atoms with E-state index in [1.54, 1.807) is 0 Å². The Morgan fingerprint density at radius 3 is 2.67 bits per heavy atom. The molecule has 0 aromatic carbocycles. The largest absolute Gasteiger partial charge is 0.333 e. The van der Waals surface area contributed by atoms with E-state index in [4.69, 9.17) is 0 Å². The highest BCUT2D eigenvalue weighted by Gasteiger charge is 2.38. The van der Waals surface area contributed by atoms with Crippen molar-refractivity contribution in [1.29, 1.82) is 5.26 Å².